The Morgan fingerprint density at radius 1 is 1.04 bits per heavy atom. The molecule has 0 N–H and O–H groups in total. The number of rotatable bonds is 8. The van der Waals surface area contributed by atoms with Gasteiger partial charge in [-0.2, -0.15) is 0 Å². The van der Waals surface area contributed by atoms with E-state index >= 15 is 0 Å². The van der Waals surface area contributed by atoms with E-state index in [0.29, 0.717) is 18.8 Å². The number of carbonyl (C=O) groups excluding carboxylic acids is 2. The normalized spacial score (nSPS) is 11.3. The van der Waals surface area contributed by atoms with Crippen LogP contribution in [0.1, 0.15) is 45.4 Å². The molecule has 0 radical (unpaired) electrons. The maximum absolute atomic E-state index is 13.2. The maximum Gasteiger partial charge on any atom is 0.242 e. The lowest BCUT2D eigenvalue weighted by Crippen LogP contribution is -2.46. The molecule has 2 rings (SSSR count). The summed E-state index contributed by atoms with van der Waals surface area (Å²) < 4.78 is 18.6. The number of nitrogens with zero attached hydrogens (tertiary/aromatic N) is 2. The number of furan rings is 1. The van der Waals surface area contributed by atoms with E-state index in [9.17, 15) is 14.0 Å². The SMILES string of the molecule is CCCN(CC(=O)N(Cc1ccc(F)cc1)Cc1ccco1)C(=O)C(C)(C)C. The van der Waals surface area contributed by atoms with Crippen molar-refractivity contribution in [3.05, 3.63) is 59.8 Å². The summed E-state index contributed by atoms with van der Waals surface area (Å²) in [6.07, 6.45) is 2.33. The summed E-state index contributed by atoms with van der Waals surface area (Å²) in [6.45, 7) is 8.65. The van der Waals surface area contributed by atoms with Gasteiger partial charge in [-0.3, -0.25) is 9.59 Å². The van der Waals surface area contributed by atoms with E-state index in [1.54, 1.807) is 40.3 Å². The fourth-order valence-electron chi connectivity index (χ4n) is 2.89. The predicted octanol–water partition coefficient (Wildman–Crippen LogP) is 4.23. The molecule has 0 fully saturated rings. The Kier molecular flexibility index (Phi) is 7.38. The molecule has 0 atom stereocenters. The van der Waals surface area contributed by atoms with Gasteiger partial charge in [-0.25, -0.2) is 4.39 Å². The third-order valence-electron chi connectivity index (χ3n) is 4.31. The molecule has 0 aliphatic carbocycles. The molecule has 0 spiro atoms. The first kappa shape index (κ1) is 21.7. The Morgan fingerprint density at radius 2 is 1.71 bits per heavy atom. The van der Waals surface area contributed by atoms with Crippen LogP contribution in [0.5, 0.6) is 0 Å². The standard InChI is InChI=1S/C22H29FN2O3/c1-5-12-24(21(27)22(2,3)4)16-20(26)25(15-19-7-6-13-28-19)14-17-8-10-18(23)11-9-17/h6-11,13H,5,12,14-16H2,1-4H3. The third-order valence-corrected chi connectivity index (χ3v) is 4.31. The molecule has 2 amide bonds. The minimum absolute atomic E-state index is 0.00580. The van der Waals surface area contributed by atoms with Crippen LogP contribution in [0.3, 0.4) is 0 Å². The fraction of sp³-hybridized carbons (Fsp3) is 0.455. The molecule has 0 aliphatic heterocycles. The van der Waals surface area contributed by atoms with Crippen LogP contribution in [0.2, 0.25) is 0 Å². The van der Waals surface area contributed by atoms with Crippen molar-refractivity contribution < 1.29 is 18.4 Å². The van der Waals surface area contributed by atoms with Crippen LogP contribution in [-0.4, -0.2) is 34.7 Å². The van der Waals surface area contributed by atoms with E-state index in [1.807, 2.05) is 27.7 Å². The molecule has 152 valence electrons. The predicted molar refractivity (Wildman–Crippen MR) is 106 cm³/mol. The second-order valence-electron chi connectivity index (χ2n) is 7.93. The highest BCUT2D eigenvalue weighted by Crippen LogP contribution is 2.19. The zero-order chi connectivity index (χ0) is 20.7. The topological polar surface area (TPSA) is 53.8 Å². The number of hydrogen-bond donors (Lipinski definition) is 0. The highest BCUT2D eigenvalue weighted by atomic mass is 19.1. The molecular formula is C22H29FN2O3. The third kappa shape index (κ3) is 6.22. The molecule has 0 saturated heterocycles. The Morgan fingerprint density at radius 3 is 2.25 bits per heavy atom. The Bertz CT molecular complexity index is 764. The zero-order valence-corrected chi connectivity index (χ0v) is 17.1. The molecule has 0 saturated carbocycles. The number of hydrogen-bond acceptors (Lipinski definition) is 3. The summed E-state index contributed by atoms with van der Waals surface area (Å²) in [5.74, 6) is 0.103. The Labute approximate surface area is 166 Å². The largest absolute Gasteiger partial charge is 0.467 e. The molecule has 6 heteroatoms. The second kappa shape index (κ2) is 9.53. The average molecular weight is 388 g/mol. The summed E-state index contributed by atoms with van der Waals surface area (Å²) in [7, 11) is 0. The zero-order valence-electron chi connectivity index (χ0n) is 17.1. The van der Waals surface area contributed by atoms with Crippen LogP contribution in [0.4, 0.5) is 4.39 Å². The lowest BCUT2D eigenvalue weighted by Gasteiger charge is -2.31. The van der Waals surface area contributed by atoms with E-state index in [4.69, 9.17) is 4.42 Å². The maximum atomic E-state index is 13.2. The van der Waals surface area contributed by atoms with Crippen LogP contribution < -0.4 is 0 Å². The van der Waals surface area contributed by atoms with E-state index < -0.39 is 5.41 Å². The highest BCUT2D eigenvalue weighted by Gasteiger charge is 2.29. The van der Waals surface area contributed by atoms with Gasteiger partial charge < -0.3 is 14.2 Å². The molecule has 28 heavy (non-hydrogen) atoms. The van der Waals surface area contributed by atoms with Crippen LogP contribution in [0.25, 0.3) is 0 Å². The second-order valence-corrected chi connectivity index (χ2v) is 7.93. The van der Waals surface area contributed by atoms with Gasteiger partial charge in [0.05, 0.1) is 19.4 Å². The summed E-state index contributed by atoms with van der Waals surface area (Å²) in [5, 5.41) is 0. The first-order valence-corrected chi connectivity index (χ1v) is 9.54. The molecule has 0 bridgehead atoms. The van der Waals surface area contributed by atoms with Gasteiger partial charge in [-0.15, -0.1) is 0 Å². The molecule has 5 nitrogen and oxygen atoms in total. The van der Waals surface area contributed by atoms with Crippen molar-refractivity contribution in [2.24, 2.45) is 5.41 Å². The van der Waals surface area contributed by atoms with Crippen molar-refractivity contribution in [2.45, 2.75) is 47.2 Å². The number of benzene rings is 1. The van der Waals surface area contributed by atoms with Crippen LogP contribution in [-0.2, 0) is 22.7 Å². The monoisotopic (exact) mass is 388 g/mol. The van der Waals surface area contributed by atoms with Gasteiger partial charge in [0.2, 0.25) is 11.8 Å². The van der Waals surface area contributed by atoms with Gasteiger partial charge >= 0.3 is 0 Å². The van der Waals surface area contributed by atoms with Crippen LogP contribution in [0, 0.1) is 11.2 Å². The molecule has 0 aliphatic rings. The average Bonchev–Trinajstić information content (AvgIpc) is 3.14. The fourth-order valence-corrected chi connectivity index (χ4v) is 2.89. The summed E-state index contributed by atoms with van der Waals surface area (Å²) in [6, 6.07) is 9.62. The number of amides is 2. The Hall–Kier alpha value is -2.63. The lowest BCUT2D eigenvalue weighted by atomic mass is 9.94. The van der Waals surface area contributed by atoms with Crippen molar-refractivity contribution in [3.63, 3.8) is 0 Å². The first-order chi connectivity index (χ1) is 13.2. The molecule has 2 aromatic rings. The van der Waals surface area contributed by atoms with Crippen molar-refractivity contribution in [2.75, 3.05) is 13.1 Å². The van der Waals surface area contributed by atoms with Crippen molar-refractivity contribution in [1.29, 1.82) is 0 Å². The van der Waals surface area contributed by atoms with Crippen molar-refractivity contribution in [1.82, 2.24) is 9.80 Å². The summed E-state index contributed by atoms with van der Waals surface area (Å²) in [4.78, 5) is 29.0. The molecule has 0 unspecified atom stereocenters. The highest BCUT2D eigenvalue weighted by molar-refractivity contribution is 5.87. The van der Waals surface area contributed by atoms with Gasteiger partial charge in [0, 0.05) is 18.5 Å². The van der Waals surface area contributed by atoms with E-state index in [0.717, 1.165) is 12.0 Å². The van der Waals surface area contributed by atoms with Crippen LogP contribution >= 0.6 is 0 Å². The minimum atomic E-state index is -0.557. The molecule has 1 heterocycles. The minimum Gasteiger partial charge on any atom is -0.467 e. The van der Waals surface area contributed by atoms with Gasteiger partial charge in [0.15, 0.2) is 0 Å². The lowest BCUT2D eigenvalue weighted by molar-refractivity contribution is -0.146. The van der Waals surface area contributed by atoms with E-state index in [1.165, 1.54) is 12.1 Å². The smallest absolute Gasteiger partial charge is 0.242 e. The molecule has 1 aromatic heterocycles. The van der Waals surface area contributed by atoms with E-state index in [-0.39, 0.29) is 30.7 Å². The molecular weight excluding hydrogens is 359 g/mol. The van der Waals surface area contributed by atoms with Crippen molar-refractivity contribution >= 4 is 11.8 Å². The Balaban J connectivity index is 2.18. The van der Waals surface area contributed by atoms with Crippen LogP contribution in [0.15, 0.2) is 47.1 Å². The number of carbonyl (C=O) groups is 2. The number of halogens is 1. The van der Waals surface area contributed by atoms with E-state index in [2.05, 4.69) is 0 Å². The van der Waals surface area contributed by atoms with Gasteiger partial charge in [0.1, 0.15) is 11.6 Å². The van der Waals surface area contributed by atoms with Crippen molar-refractivity contribution in [3.8, 4) is 0 Å². The van der Waals surface area contributed by atoms with Gasteiger partial charge in [0.25, 0.3) is 0 Å². The van der Waals surface area contributed by atoms with Gasteiger partial charge in [-0.1, -0.05) is 39.8 Å². The van der Waals surface area contributed by atoms with Gasteiger partial charge in [-0.05, 0) is 36.2 Å². The summed E-state index contributed by atoms with van der Waals surface area (Å²) in [5.41, 5.74) is 0.253. The summed E-state index contributed by atoms with van der Waals surface area (Å²) >= 11 is 0. The first-order valence-electron chi connectivity index (χ1n) is 9.54. The quantitative estimate of drug-likeness (QED) is 0.680. The molecule has 1 aromatic carbocycles.